The molecule has 21 heavy (non-hydrogen) atoms. The molecule has 0 aliphatic rings. The lowest BCUT2D eigenvalue weighted by atomic mass is 10.1. The number of hydrogen-bond acceptors (Lipinski definition) is 3. The molecule has 1 unspecified atom stereocenters. The summed E-state index contributed by atoms with van der Waals surface area (Å²) in [4.78, 5) is 4.67. The van der Waals surface area contributed by atoms with Crippen molar-refractivity contribution in [2.45, 2.75) is 26.8 Å². The minimum absolute atomic E-state index is 0.216. The maximum atomic E-state index is 6.03. The van der Waals surface area contributed by atoms with E-state index in [0.717, 1.165) is 40.2 Å². The van der Waals surface area contributed by atoms with Crippen LogP contribution in [0.4, 0.5) is 0 Å². The van der Waals surface area contributed by atoms with Crippen molar-refractivity contribution >= 4 is 10.9 Å². The van der Waals surface area contributed by atoms with Crippen LogP contribution in [0.3, 0.4) is 0 Å². The molecular weight excluding hydrogens is 260 g/mol. The molecule has 0 amide bonds. The zero-order chi connectivity index (χ0) is 14.8. The fraction of sp³-hybridized carbons (Fsp3) is 0.278. The predicted octanol–water partition coefficient (Wildman–Crippen LogP) is 4.47. The van der Waals surface area contributed by atoms with E-state index >= 15 is 0 Å². The smallest absolute Gasteiger partial charge is 0.136 e. The van der Waals surface area contributed by atoms with E-state index in [1.807, 2.05) is 31.2 Å². The summed E-state index contributed by atoms with van der Waals surface area (Å²) in [6.45, 7) is 7.14. The van der Waals surface area contributed by atoms with E-state index in [1.54, 1.807) is 0 Å². The molecule has 0 saturated heterocycles. The maximum Gasteiger partial charge on any atom is 0.136 e. The van der Waals surface area contributed by atoms with Gasteiger partial charge in [-0.2, -0.15) is 0 Å². The Morgan fingerprint density at radius 2 is 2.00 bits per heavy atom. The van der Waals surface area contributed by atoms with Gasteiger partial charge in [-0.05, 0) is 44.7 Å². The summed E-state index contributed by atoms with van der Waals surface area (Å²) >= 11 is 0. The number of nitrogens with zero attached hydrogens (tertiary/aromatic N) is 1. The van der Waals surface area contributed by atoms with E-state index in [4.69, 9.17) is 4.42 Å². The van der Waals surface area contributed by atoms with E-state index in [1.165, 1.54) is 0 Å². The largest absolute Gasteiger partial charge is 0.459 e. The summed E-state index contributed by atoms with van der Waals surface area (Å²) in [7, 11) is 0. The van der Waals surface area contributed by atoms with Crippen LogP contribution in [0.25, 0.3) is 22.2 Å². The van der Waals surface area contributed by atoms with Gasteiger partial charge in [0.1, 0.15) is 11.5 Å². The minimum atomic E-state index is 0.216. The molecule has 0 bridgehead atoms. The van der Waals surface area contributed by atoms with Crippen molar-refractivity contribution in [2.24, 2.45) is 0 Å². The molecule has 0 saturated carbocycles. The van der Waals surface area contributed by atoms with Gasteiger partial charge < -0.3 is 9.73 Å². The molecule has 108 valence electrons. The number of aryl methyl sites for hydroxylation is 1. The predicted molar refractivity (Wildman–Crippen MR) is 86.3 cm³/mol. The van der Waals surface area contributed by atoms with Gasteiger partial charge in [-0.25, -0.2) is 0 Å². The van der Waals surface area contributed by atoms with Crippen LogP contribution in [0.1, 0.15) is 31.3 Å². The second-order valence-electron chi connectivity index (χ2n) is 5.31. The van der Waals surface area contributed by atoms with Gasteiger partial charge in [0.15, 0.2) is 0 Å². The number of benzene rings is 1. The lowest BCUT2D eigenvalue weighted by Gasteiger charge is -2.09. The molecule has 3 nitrogen and oxygen atoms in total. The lowest BCUT2D eigenvalue weighted by Crippen LogP contribution is -2.16. The first-order valence-electron chi connectivity index (χ1n) is 7.39. The third kappa shape index (κ3) is 2.69. The first-order valence-corrected chi connectivity index (χ1v) is 7.39. The first kappa shape index (κ1) is 13.8. The van der Waals surface area contributed by atoms with Gasteiger partial charge in [-0.15, -0.1) is 0 Å². The quantitative estimate of drug-likeness (QED) is 0.766. The molecule has 1 atom stereocenters. The maximum absolute atomic E-state index is 6.03. The summed E-state index contributed by atoms with van der Waals surface area (Å²) < 4.78 is 6.03. The highest BCUT2D eigenvalue weighted by Gasteiger charge is 2.13. The fourth-order valence-corrected chi connectivity index (χ4v) is 2.58. The van der Waals surface area contributed by atoms with Crippen molar-refractivity contribution in [1.82, 2.24) is 10.3 Å². The fourth-order valence-electron chi connectivity index (χ4n) is 2.58. The minimum Gasteiger partial charge on any atom is -0.459 e. The van der Waals surface area contributed by atoms with Crippen LogP contribution in [0, 0.1) is 6.92 Å². The first-order chi connectivity index (χ1) is 10.2. The van der Waals surface area contributed by atoms with Gasteiger partial charge in [0, 0.05) is 16.6 Å². The molecule has 0 spiro atoms. The molecule has 1 N–H and O–H groups in total. The third-order valence-electron chi connectivity index (χ3n) is 3.69. The molecule has 3 aromatic rings. The molecule has 3 rings (SSSR count). The molecule has 3 heteroatoms. The third-order valence-corrected chi connectivity index (χ3v) is 3.69. The zero-order valence-corrected chi connectivity index (χ0v) is 12.7. The van der Waals surface area contributed by atoms with Gasteiger partial charge in [0.2, 0.25) is 0 Å². The molecule has 2 heterocycles. The molecule has 0 fully saturated rings. The Balaban J connectivity index is 2.06. The zero-order valence-electron chi connectivity index (χ0n) is 12.7. The number of rotatable bonds is 4. The Labute approximate surface area is 125 Å². The summed E-state index contributed by atoms with van der Waals surface area (Å²) in [5.41, 5.74) is 3.06. The molecule has 2 aromatic heterocycles. The monoisotopic (exact) mass is 280 g/mol. The van der Waals surface area contributed by atoms with Crippen LogP contribution >= 0.6 is 0 Å². The normalized spacial score (nSPS) is 12.7. The average Bonchev–Trinajstić information content (AvgIpc) is 2.96. The second kappa shape index (κ2) is 5.70. The average molecular weight is 280 g/mol. The van der Waals surface area contributed by atoms with E-state index in [2.05, 4.69) is 42.3 Å². The molecule has 0 aliphatic heterocycles. The number of furan rings is 1. The van der Waals surface area contributed by atoms with E-state index in [-0.39, 0.29) is 6.04 Å². The van der Waals surface area contributed by atoms with Crippen molar-refractivity contribution in [2.75, 3.05) is 6.54 Å². The van der Waals surface area contributed by atoms with Crippen molar-refractivity contribution in [1.29, 1.82) is 0 Å². The van der Waals surface area contributed by atoms with Crippen LogP contribution < -0.4 is 5.32 Å². The van der Waals surface area contributed by atoms with Gasteiger partial charge in [0.25, 0.3) is 0 Å². The second-order valence-corrected chi connectivity index (χ2v) is 5.31. The summed E-state index contributed by atoms with van der Waals surface area (Å²) in [6, 6.07) is 14.6. The molecule has 0 radical (unpaired) electrons. The van der Waals surface area contributed by atoms with Gasteiger partial charge in [0.05, 0.1) is 11.6 Å². The highest BCUT2D eigenvalue weighted by atomic mass is 16.3. The highest BCUT2D eigenvalue weighted by Crippen LogP contribution is 2.30. The van der Waals surface area contributed by atoms with Gasteiger partial charge >= 0.3 is 0 Å². The number of aromatic nitrogens is 1. The van der Waals surface area contributed by atoms with Crippen LogP contribution in [0.2, 0.25) is 0 Å². The summed E-state index contributed by atoms with van der Waals surface area (Å²) in [5.74, 6) is 1.83. The van der Waals surface area contributed by atoms with Crippen LogP contribution in [-0.2, 0) is 0 Å². The topological polar surface area (TPSA) is 38.1 Å². The van der Waals surface area contributed by atoms with E-state index < -0.39 is 0 Å². The number of fused-ring (bicyclic) bond motifs is 1. The Morgan fingerprint density at radius 1 is 1.14 bits per heavy atom. The van der Waals surface area contributed by atoms with Crippen molar-refractivity contribution < 1.29 is 4.42 Å². The van der Waals surface area contributed by atoms with Gasteiger partial charge in [-0.3, -0.25) is 4.98 Å². The van der Waals surface area contributed by atoms with Crippen LogP contribution in [0.5, 0.6) is 0 Å². The molecular formula is C18H20N2O. The van der Waals surface area contributed by atoms with E-state index in [9.17, 15) is 0 Å². The Hall–Kier alpha value is -2.13. The van der Waals surface area contributed by atoms with Crippen molar-refractivity contribution in [3.63, 3.8) is 0 Å². The SMILES string of the molecule is CCNC(C)c1ccc(-c2cccc3ccc(C)nc23)o1. The Bertz CT molecular complexity index is 761. The number of nitrogens with one attached hydrogen (secondary N) is 1. The van der Waals surface area contributed by atoms with Gasteiger partial charge in [-0.1, -0.05) is 25.1 Å². The number of para-hydroxylation sites is 1. The number of pyridine rings is 1. The molecule has 0 aliphatic carbocycles. The Morgan fingerprint density at radius 3 is 2.81 bits per heavy atom. The van der Waals surface area contributed by atoms with E-state index in [0.29, 0.717) is 0 Å². The van der Waals surface area contributed by atoms with Crippen LogP contribution in [0.15, 0.2) is 46.9 Å². The Kier molecular flexibility index (Phi) is 3.76. The lowest BCUT2D eigenvalue weighted by molar-refractivity contribution is 0.445. The standard InChI is InChI=1S/C18H20N2O/c1-4-19-13(3)16-10-11-17(21-16)15-7-5-6-14-9-8-12(2)20-18(14)15/h5-11,13,19H,4H2,1-3H3. The summed E-state index contributed by atoms with van der Waals surface area (Å²) in [5, 5.41) is 4.50. The van der Waals surface area contributed by atoms with Crippen molar-refractivity contribution in [3.05, 3.63) is 53.9 Å². The highest BCUT2D eigenvalue weighted by molar-refractivity contribution is 5.92. The van der Waals surface area contributed by atoms with Crippen molar-refractivity contribution in [3.8, 4) is 11.3 Å². The molecule has 1 aromatic carbocycles. The van der Waals surface area contributed by atoms with Crippen LogP contribution in [-0.4, -0.2) is 11.5 Å². The number of hydrogen-bond donors (Lipinski definition) is 1. The summed E-state index contributed by atoms with van der Waals surface area (Å²) in [6.07, 6.45) is 0.